The minimum Gasteiger partial charge on any atom is -0.497 e. The second kappa shape index (κ2) is 15.0. The van der Waals surface area contributed by atoms with E-state index in [-0.39, 0.29) is 18.3 Å². The average Bonchev–Trinajstić information content (AvgIpc) is 3.30. The molecule has 0 spiro atoms. The summed E-state index contributed by atoms with van der Waals surface area (Å²) in [4.78, 5) is 31.0. The SMILES string of the molecule is COC(=O)[C@@H](NP(=O)(OC[C@H]1OC(C)(C)O[C@H]1C(=O)NOCc1ccc(OC)cc1OC)Oc1ccc(C)cc1)C(C)C. The third-order valence-corrected chi connectivity index (χ3v) is 7.95. The number of hydrogen-bond acceptors (Lipinski definition) is 11. The molecule has 13 nitrogen and oxygen atoms in total. The number of carbonyl (C=O) groups is 2. The van der Waals surface area contributed by atoms with E-state index in [4.69, 9.17) is 37.6 Å². The van der Waals surface area contributed by atoms with E-state index < -0.39 is 50.3 Å². The molecule has 1 amide bonds. The molecule has 0 aliphatic carbocycles. The smallest absolute Gasteiger partial charge is 0.459 e. The highest BCUT2D eigenvalue weighted by atomic mass is 31.2. The van der Waals surface area contributed by atoms with Gasteiger partial charge in [0.25, 0.3) is 5.91 Å². The minimum atomic E-state index is -4.24. The zero-order chi connectivity index (χ0) is 31.8. The lowest BCUT2D eigenvalue weighted by Gasteiger charge is -2.27. The molecule has 2 N–H and O–H groups in total. The maximum atomic E-state index is 14.0. The van der Waals surface area contributed by atoms with Crippen molar-refractivity contribution in [2.24, 2.45) is 5.92 Å². The van der Waals surface area contributed by atoms with Crippen molar-refractivity contribution < 1.29 is 51.7 Å². The van der Waals surface area contributed by atoms with Crippen LogP contribution in [0.25, 0.3) is 0 Å². The maximum Gasteiger partial charge on any atom is 0.459 e. The van der Waals surface area contributed by atoms with Crippen LogP contribution in [0.1, 0.15) is 38.8 Å². The van der Waals surface area contributed by atoms with Crippen LogP contribution in [0.2, 0.25) is 0 Å². The second-order valence-corrected chi connectivity index (χ2v) is 12.3. The van der Waals surface area contributed by atoms with Crippen molar-refractivity contribution in [2.45, 2.75) is 65.3 Å². The molecule has 1 aliphatic rings. The number of methoxy groups -OCH3 is 3. The van der Waals surface area contributed by atoms with E-state index in [1.165, 1.54) is 14.2 Å². The lowest BCUT2D eigenvalue weighted by Crippen LogP contribution is -2.44. The molecule has 0 aromatic heterocycles. The first kappa shape index (κ1) is 34.3. The quantitative estimate of drug-likeness (QED) is 0.167. The summed E-state index contributed by atoms with van der Waals surface area (Å²) >= 11 is 0. The molecule has 14 heteroatoms. The molecule has 1 fully saturated rings. The Labute approximate surface area is 251 Å². The monoisotopic (exact) mass is 624 g/mol. The highest BCUT2D eigenvalue weighted by Gasteiger charge is 2.47. The van der Waals surface area contributed by atoms with Gasteiger partial charge in [-0.25, -0.2) is 10.0 Å². The maximum absolute atomic E-state index is 14.0. The topological polar surface area (TPSA) is 149 Å². The molecule has 1 unspecified atom stereocenters. The molecular formula is C29H41N2O11P. The minimum absolute atomic E-state index is 0.00925. The number of hydroxylamine groups is 1. The number of esters is 1. The Bertz CT molecular complexity index is 1290. The van der Waals surface area contributed by atoms with E-state index in [1.807, 2.05) is 6.92 Å². The standard InChI is InChI=1S/C29H41N2O11P/c1-18(2)25(28(33)37-8)31-43(34,42-21-12-9-19(3)10-13-21)39-17-24-26(41-29(4,5)40-24)27(32)30-38-16-20-11-14-22(35-6)15-23(20)36-7/h9-15,18,24-26H,16-17H2,1-8H3,(H,30,32)(H,31,34)/t24-,25+,26-,43?/m1/s1. The number of rotatable bonds is 15. The van der Waals surface area contributed by atoms with Crippen molar-refractivity contribution >= 4 is 19.6 Å². The van der Waals surface area contributed by atoms with Crippen molar-refractivity contribution in [3.05, 3.63) is 53.6 Å². The Morgan fingerprint density at radius 1 is 1.00 bits per heavy atom. The molecule has 2 aromatic rings. The summed E-state index contributed by atoms with van der Waals surface area (Å²) < 4.78 is 52.7. The zero-order valence-corrected chi connectivity index (χ0v) is 26.6. The molecule has 43 heavy (non-hydrogen) atoms. The van der Waals surface area contributed by atoms with Crippen molar-refractivity contribution in [3.63, 3.8) is 0 Å². The van der Waals surface area contributed by atoms with Gasteiger partial charge in [0, 0.05) is 11.6 Å². The Kier molecular flexibility index (Phi) is 12.0. The van der Waals surface area contributed by atoms with E-state index in [1.54, 1.807) is 77.3 Å². The first-order chi connectivity index (χ1) is 20.3. The number of ether oxygens (including phenoxy) is 5. The van der Waals surface area contributed by atoms with Crippen LogP contribution in [0.3, 0.4) is 0 Å². The van der Waals surface area contributed by atoms with Gasteiger partial charge in [-0.1, -0.05) is 31.5 Å². The van der Waals surface area contributed by atoms with Gasteiger partial charge in [-0.15, -0.1) is 0 Å². The first-order valence-corrected chi connectivity index (χ1v) is 15.2. The summed E-state index contributed by atoms with van der Waals surface area (Å²) in [6.07, 6.45) is -2.21. The summed E-state index contributed by atoms with van der Waals surface area (Å²) in [5, 5.41) is 2.70. The number of aryl methyl sites for hydroxylation is 1. The fourth-order valence-electron chi connectivity index (χ4n) is 4.16. The molecule has 2 aromatic carbocycles. The number of benzene rings is 2. The molecule has 238 valence electrons. The Balaban J connectivity index is 1.73. The number of carbonyl (C=O) groups excluding carboxylic acids is 2. The normalized spacial score (nSPS) is 19.7. The first-order valence-electron chi connectivity index (χ1n) is 13.6. The second-order valence-electron chi connectivity index (χ2n) is 10.6. The van der Waals surface area contributed by atoms with Crippen LogP contribution in [-0.4, -0.2) is 63.8 Å². The average molecular weight is 625 g/mol. The Morgan fingerprint density at radius 2 is 1.67 bits per heavy atom. The van der Waals surface area contributed by atoms with Crippen LogP contribution >= 0.6 is 7.75 Å². The van der Waals surface area contributed by atoms with Gasteiger partial charge in [0.15, 0.2) is 11.9 Å². The van der Waals surface area contributed by atoms with Gasteiger partial charge >= 0.3 is 13.7 Å². The highest BCUT2D eigenvalue weighted by molar-refractivity contribution is 7.52. The summed E-state index contributed by atoms with van der Waals surface area (Å²) in [6, 6.07) is 11.0. The van der Waals surface area contributed by atoms with Crippen LogP contribution in [0.4, 0.5) is 0 Å². The third-order valence-electron chi connectivity index (χ3n) is 6.41. The molecule has 1 heterocycles. The Hall–Kier alpha value is -3.19. The number of amides is 1. The van der Waals surface area contributed by atoms with E-state index in [0.717, 1.165) is 5.56 Å². The number of nitrogens with one attached hydrogen (secondary N) is 2. The van der Waals surface area contributed by atoms with Crippen LogP contribution in [0, 0.1) is 12.8 Å². The summed E-state index contributed by atoms with van der Waals surface area (Å²) in [5.74, 6) is -1.41. The fraction of sp³-hybridized carbons (Fsp3) is 0.517. The van der Waals surface area contributed by atoms with Gasteiger partial charge in [-0.05, 0) is 51.0 Å². The molecule has 0 radical (unpaired) electrons. The van der Waals surface area contributed by atoms with Crippen molar-refractivity contribution in [3.8, 4) is 17.2 Å². The van der Waals surface area contributed by atoms with Crippen LogP contribution in [-0.2, 0) is 44.3 Å². The van der Waals surface area contributed by atoms with Crippen LogP contribution in [0.5, 0.6) is 17.2 Å². The summed E-state index contributed by atoms with van der Waals surface area (Å²) in [6.45, 7) is 8.25. The van der Waals surface area contributed by atoms with Gasteiger partial charge in [0.2, 0.25) is 0 Å². The summed E-state index contributed by atoms with van der Waals surface area (Å²) in [7, 11) is 0.0501. The van der Waals surface area contributed by atoms with Crippen LogP contribution in [0.15, 0.2) is 42.5 Å². The van der Waals surface area contributed by atoms with Gasteiger partial charge in [0.1, 0.15) is 36.0 Å². The molecular weight excluding hydrogens is 583 g/mol. The predicted molar refractivity (Wildman–Crippen MR) is 155 cm³/mol. The molecule has 4 atom stereocenters. The van der Waals surface area contributed by atoms with E-state index in [9.17, 15) is 14.2 Å². The van der Waals surface area contributed by atoms with Gasteiger partial charge in [-0.2, -0.15) is 5.09 Å². The molecule has 0 bridgehead atoms. The van der Waals surface area contributed by atoms with E-state index >= 15 is 0 Å². The largest absolute Gasteiger partial charge is 0.497 e. The molecule has 1 saturated heterocycles. The van der Waals surface area contributed by atoms with Gasteiger partial charge < -0.3 is 28.2 Å². The third kappa shape index (κ3) is 9.65. The van der Waals surface area contributed by atoms with E-state index in [0.29, 0.717) is 17.1 Å². The lowest BCUT2D eigenvalue weighted by molar-refractivity contribution is -0.163. The van der Waals surface area contributed by atoms with Crippen molar-refractivity contribution in [1.82, 2.24) is 10.6 Å². The highest BCUT2D eigenvalue weighted by Crippen LogP contribution is 2.46. The molecule has 1 aliphatic heterocycles. The van der Waals surface area contributed by atoms with Gasteiger partial charge in [0.05, 0.1) is 27.9 Å². The Morgan fingerprint density at radius 3 is 2.28 bits per heavy atom. The summed E-state index contributed by atoms with van der Waals surface area (Å²) in [5.41, 5.74) is 4.00. The molecule has 0 saturated carbocycles. The zero-order valence-electron chi connectivity index (χ0n) is 25.7. The van der Waals surface area contributed by atoms with Gasteiger partial charge in [-0.3, -0.25) is 19.0 Å². The number of hydrogen-bond donors (Lipinski definition) is 2. The van der Waals surface area contributed by atoms with Crippen LogP contribution < -0.4 is 24.6 Å². The fourth-order valence-corrected chi connectivity index (χ4v) is 5.83. The predicted octanol–water partition coefficient (Wildman–Crippen LogP) is 4.07. The molecule has 3 rings (SSSR count). The van der Waals surface area contributed by atoms with Crippen molar-refractivity contribution in [2.75, 3.05) is 27.9 Å². The lowest BCUT2D eigenvalue weighted by atomic mass is 10.1. The van der Waals surface area contributed by atoms with Crippen molar-refractivity contribution in [1.29, 1.82) is 0 Å². The van der Waals surface area contributed by atoms with E-state index in [2.05, 4.69) is 10.6 Å².